The van der Waals surface area contributed by atoms with E-state index in [9.17, 15) is 0 Å². The van der Waals surface area contributed by atoms with Crippen molar-refractivity contribution in [2.75, 3.05) is 6.54 Å². The number of nitrogens with two attached hydrogens (primary N) is 1. The smallest absolute Gasteiger partial charge is 0.104 e. The highest BCUT2D eigenvalue weighted by Gasteiger charge is 2.00. The minimum absolute atomic E-state index is 0.264. The summed E-state index contributed by atoms with van der Waals surface area (Å²) < 4.78 is 0. The van der Waals surface area contributed by atoms with Crippen LogP contribution in [0.15, 0.2) is 18.2 Å². The minimum atomic E-state index is 0.264. The van der Waals surface area contributed by atoms with Crippen LogP contribution in [0.3, 0.4) is 0 Å². The highest BCUT2D eigenvalue weighted by Crippen LogP contribution is 2.13. The van der Waals surface area contributed by atoms with Gasteiger partial charge in [-0.2, -0.15) is 0 Å². The topological polar surface area (TPSA) is 66.7 Å². The molecule has 1 unspecified atom stereocenters. The van der Waals surface area contributed by atoms with Crippen molar-refractivity contribution in [3.8, 4) is 0 Å². The van der Waals surface area contributed by atoms with E-state index in [1.165, 1.54) is 5.56 Å². The molecule has 0 radical (unpaired) electrons. The maximum absolute atomic E-state index is 5.70. The van der Waals surface area contributed by atoms with E-state index in [0.29, 0.717) is 0 Å². The monoisotopic (exact) mass is 232 g/mol. The number of aryl methyl sites for hydroxylation is 1. The van der Waals surface area contributed by atoms with Gasteiger partial charge in [0.05, 0.1) is 11.0 Å². The lowest BCUT2D eigenvalue weighted by molar-refractivity contribution is 0.589. The molecule has 0 aliphatic carbocycles. The molecule has 0 aliphatic heterocycles. The third kappa shape index (κ3) is 3.28. The summed E-state index contributed by atoms with van der Waals surface area (Å²) in [6.45, 7) is 5.83. The molecule has 2 aromatic rings. The third-order valence-electron chi connectivity index (χ3n) is 2.77. The van der Waals surface area contributed by atoms with Crippen LogP contribution in [0.25, 0.3) is 11.0 Å². The number of rotatable bonds is 5. The zero-order valence-corrected chi connectivity index (χ0v) is 10.5. The molecule has 0 saturated heterocycles. The standard InChI is InChI=1S/C13H20N4/c1-9(14)5-6-15-8-11-3-4-12-13(7-11)17-10(2)16-12/h3-4,7,9,15H,5-6,8,14H2,1-2H3,(H,16,17). The van der Waals surface area contributed by atoms with Crippen molar-refractivity contribution >= 4 is 11.0 Å². The Hall–Kier alpha value is -1.39. The van der Waals surface area contributed by atoms with E-state index >= 15 is 0 Å². The molecule has 0 fully saturated rings. The van der Waals surface area contributed by atoms with Crippen LogP contribution < -0.4 is 11.1 Å². The highest BCUT2D eigenvalue weighted by atomic mass is 14.9. The second kappa shape index (κ2) is 5.29. The Morgan fingerprint density at radius 2 is 2.29 bits per heavy atom. The molecule has 1 aromatic carbocycles. The lowest BCUT2D eigenvalue weighted by Crippen LogP contribution is -2.23. The lowest BCUT2D eigenvalue weighted by Gasteiger charge is -2.07. The Morgan fingerprint density at radius 3 is 3.06 bits per heavy atom. The number of H-pyrrole nitrogens is 1. The summed E-state index contributed by atoms with van der Waals surface area (Å²) in [5.41, 5.74) is 9.10. The van der Waals surface area contributed by atoms with Gasteiger partial charge in [-0.15, -0.1) is 0 Å². The second-order valence-corrected chi connectivity index (χ2v) is 4.62. The van der Waals surface area contributed by atoms with Crippen LogP contribution in [-0.4, -0.2) is 22.6 Å². The molecule has 0 bridgehead atoms. The summed E-state index contributed by atoms with van der Waals surface area (Å²) in [4.78, 5) is 7.63. The van der Waals surface area contributed by atoms with Gasteiger partial charge in [0, 0.05) is 12.6 Å². The number of fused-ring (bicyclic) bond motifs is 1. The van der Waals surface area contributed by atoms with Crippen molar-refractivity contribution in [1.29, 1.82) is 0 Å². The van der Waals surface area contributed by atoms with Gasteiger partial charge in [0.15, 0.2) is 0 Å². The predicted molar refractivity (Wildman–Crippen MR) is 70.8 cm³/mol. The summed E-state index contributed by atoms with van der Waals surface area (Å²) in [5, 5.41) is 3.39. The first kappa shape index (κ1) is 12.1. The number of aromatic amines is 1. The van der Waals surface area contributed by atoms with Crippen LogP contribution in [0.5, 0.6) is 0 Å². The van der Waals surface area contributed by atoms with Gasteiger partial charge in [-0.05, 0) is 44.5 Å². The Bertz CT molecular complexity index is 487. The molecule has 0 aliphatic rings. The molecule has 4 N–H and O–H groups in total. The van der Waals surface area contributed by atoms with Crippen LogP contribution >= 0.6 is 0 Å². The van der Waals surface area contributed by atoms with E-state index in [1.54, 1.807) is 0 Å². The molecule has 1 heterocycles. The van der Waals surface area contributed by atoms with Gasteiger partial charge in [-0.25, -0.2) is 4.98 Å². The quantitative estimate of drug-likeness (QED) is 0.687. The van der Waals surface area contributed by atoms with Crippen LogP contribution in [0.1, 0.15) is 24.7 Å². The van der Waals surface area contributed by atoms with E-state index < -0.39 is 0 Å². The van der Waals surface area contributed by atoms with Gasteiger partial charge in [0.25, 0.3) is 0 Å². The zero-order chi connectivity index (χ0) is 12.3. The Balaban J connectivity index is 1.94. The Kier molecular flexibility index (Phi) is 3.76. The molecule has 0 spiro atoms. The first-order chi connectivity index (χ1) is 8.15. The molecule has 1 atom stereocenters. The van der Waals surface area contributed by atoms with E-state index in [-0.39, 0.29) is 6.04 Å². The molecule has 0 amide bonds. The minimum Gasteiger partial charge on any atom is -0.342 e. The van der Waals surface area contributed by atoms with E-state index in [1.807, 2.05) is 13.8 Å². The summed E-state index contributed by atoms with van der Waals surface area (Å²) in [6.07, 6.45) is 1.01. The fourth-order valence-electron chi connectivity index (χ4n) is 1.86. The molecular formula is C13H20N4. The van der Waals surface area contributed by atoms with Gasteiger partial charge in [0.2, 0.25) is 0 Å². The predicted octanol–water partition coefficient (Wildman–Crippen LogP) is 1.70. The number of hydrogen-bond acceptors (Lipinski definition) is 3. The van der Waals surface area contributed by atoms with Gasteiger partial charge in [0.1, 0.15) is 5.82 Å². The van der Waals surface area contributed by atoms with Gasteiger partial charge >= 0.3 is 0 Å². The average Bonchev–Trinajstić information content (AvgIpc) is 2.63. The Labute approximate surface area is 102 Å². The number of hydrogen-bond donors (Lipinski definition) is 3. The largest absolute Gasteiger partial charge is 0.342 e. The van der Waals surface area contributed by atoms with Crippen LogP contribution in [0.4, 0.5) is 0 Å². The fourth-order valence-corrected chi connectivity index (χ4v) is 1.86. The van der Waals surface area contributed by atoms with Crippen LogP contribution in [-0.2, 0) is 6.54 Å². The molecule has 17 heavy (non-hydrogen) atoms. The number of imidazole rings is 1. The van der Waals surface area contributed by atoms with Crippen molar-refractivity contribution in [3.63, 3.8) is 0 Å². The number of nitrogens with one attached hydrogen (secondary N) is 2. The second-order valence-electron chi connectivity index (χ2n) is 4.62. The molecule has 92 valence electrons. The van der Waals surface area contributed by atoms with Crippen molar-refractivity contribution in [2.24, 2.45) is 5.73 Å². The molecule has 0 saturated carbocycles. The van der Waals surface area contributed by atoms with Crippen molar-refractivity contribution in [3.05, 3.63) is 29.6 Å². The van der Waals surface area contributed by atoms with Gasteiger partial charge < -0.3 is 16.0 Å². The molecular weight excluding hydrogens is 212 g/mol. The van der Waals surface area contributed by atoms with Gasteiger partial charge in [-0.1, -0.05) is 6.07 Å². The van der Waals surface area contributed by atoms with Gasteiger partial charge in [-0.3, -0.25) is 0 Å². The highest BCUT2D eigenvalue weighted by molar-refractivity contribution is 5.75. The Morgan fingerprint density at radius 1 is 1.47 bits per heavy atom. The fraction of sp³-hybridized carbons (Fsp3) is 0.462. The van der Waals surface area contributed by atoms with E-state index in [2.05, 4.69) is 33.5 Å². The maximum Gasteiger partial charge on any atom is 0.104 e. The van der Waals surface area contributed by atoms with Crippen molar-refractivity contribution < 1.29 is 0 Å². The molecule has 1 aromatic heterocycles. The van der Waals surface area contributed by atoms with Crippen molar-refractivity contribution in [1.82, 2.24) is 15.3 Å². The average molecular weight is 232 g/mol. The molecule has 4 nitrogen and oxygen atoms in total. The summed E-state index contributed by atoms with van der Waals surface area (Å²) in [7, 11) is 0. The van der Waals surface area contributed by atoms with Crippen LogP contribution in [0.2, 0.25) is 0 Å². The SMILES string of the molecule is Cc1nc2ccc(CNCCC(C)N)cc2[nH]1. The lowest BCUT2D eigenvalue weighted by atomic mass is 10.2. The maximum atomic E-state index is 5.70. The molecule has 4 heteroatoms. The number of aromatic nitrogens is 2. The van der Waals surface area contributed by atoms with E-state index in [0.717, 1.165) is 36.4 Å². The zero-order valence-electron chi connectivity index (χ0n) is 10.5. The summed E-state index contributed by atoms with van der Waals surface area (Å²) in [6, 6.07) is 6.58. The normalized spacial score (nSPS) is 13.1. The molecule has 2 rings (SSSR count). The van der Waals surface area contributed by atoms with Crippen LogP contribution in [0, 0.1) is 6.92 Å². The third-order valence-corrected chi connectivity index (χ3v) is 2.77. The summed E-state index contributed by atoms with van der Waals surface area (Å²) in [5.74, 6) is 0.960. The van der Waals surface area contributed by atoms with Crippen molar-refractivity contribution in [2.45, 2.75) is 32.9 Å². The first-order valence-electron chi connectivity index (χ1n) is 6.06. The first-order valence-corrected chi connectivity index (χ1v) is 6.06. The number of benzene rings is 1. The summed E-state index contributed by atoms with van der Waals surface area (Å²) >= 11 is 0. The van der Waals surface area contributed by atoms with E-state index in [4.69, 9.17) is 5.73 Å². The number of nitrogens with zero attached hydrogens (tertiary/aromatic N) is 1.